The third kappa shape index (κ3) is 3.87. The smallest absolute Gasteiger partial charge is 0.233 e. The average Bonchev–Trinajstić information content (AvgIpc) is 2.21. The van der Waals surface area contributed by atoms with Crippen LogP contribution in [0.1, 0.15) is 39.2 Å². The van der Waals surface area contributed by atoms with E-state index in [4.69, 9.17) is 4.74 Å². The standard InChI is InChI=1S/C8H12N2O.C2H6/c1-6(2)7-4-8(11-3)10-9-5-7;1-2/h4-6H,1-3H3;1-2H3. The highest BCUT2D eigenvalue weighted by atomic mass is 16.5. The van der Waals surface area contributed by atoms with Crippen LogP contribution in [0.25, 0.3) is 0 Å². The van der Waals surface area contributed by atoms with Gasteiger partial charge >= 0.3 is 0 Å². The molecule has 74 valence electrons. The number of hydrogen-bond donors (Lipinski definition) is 0. The molecule has 0 unspecified atom stereocenters. The van der Waals surface area contributed by atoms with Crippen molar-refractivity contribution in [3.05, 3.63) is 17.8 Å². The molecule has 0 saturated heterocycles. The van der Waals surface area contributed by atoms with Gasteiger partial charge in [0.05, 0.1) is 13.3 Å². The van der Waals surface area contributed by atoms with Gasteiger partial charge in [0.25, 0.3) is 0 Å². The van der Waals surface area contributed by atoms with Crippen LogP contribution < -0.4 is 4.74 Å². The lowest BCUT2D eigenvalue weighted by atomic mass is 10.1. The summed E-state index contributed by atoms with van der Waals surface area (Å²) in [5.74, 6) is 1.05. The van der Waals surface area contributed by atoms with Crippen LogP contribution in [0.5, 0.6) is 5.88 Å². The zero-order valence-electron chi connectivity index (χ0n) is 9.03. The van der Waals surface area contributed by atoms with E-state index >= 15 is 0 Å². The maximum atomic E-state index is 4.93. The van der Waals surface area contributed by atoms with E-state index in [0.29, 0.717) is 11.8 Å². The Bertz CT molecular complexity index is 236. The molecule has 1 rings (SSSR count). The molecule has 0 aliphatic heterocycles. The van der Waals surface area contributed by atoms with Crippen LogP contribution in [-0.2, 0) is 0 Å². The summed E-state index contributed by atoms with van der Waals surface area (Å²) in [6.45, 7) is 8.22. The molecule has 0 amide bonds. The number of nitrogens with zero attached hydrogens (tertiary/aromatic N) is 2. The lowest BCUT2D eigenvalue weighted by molar-refractivity contribution is 0.391. The molecule has 0 atom stereocenters. The molecule has 0 fully saturated rings. The Balaban J connectivity index is 0.000000671. The van der Waals surface area contributed by atoms with E-state index in [9.17, 15) is 0 Å². The third-order valence-corrected chi connectivity index (χ3v) is 1.53. The topological polar surface area (TPSA) is 35.0 Å². The van der Waals surface area contributed by atoms with Crippen molar-refractivity contribution < 1.29 is 4.74 Å². The summed E-state index contributed by atoms with van der Waals surface area (Å²) in [6, 6.07) is 1.90. The first-order chi connectivity index (χ1) is 6.24. The lowest BCUT2D eigenvalue weighted by Gasteiger charge is -2.04. The molecular formula is C10H18N2O. The van der Waals surface area contributed by atoms with Crippen molar-refractivity contribution in [2.24, 2.45) is 0 Å². The first-order valence-electron chi connectivity index (χ1n) is 4.60. The van der Waals surface area contributed by atoms with Gasteiger partial charge in [-0.15, -0.1) is 5.10 Å². The largest absolute Gasteiger partial charge is 0.480 e. The molecule has 0 spiro atoms. The van der Waals surface area contributed by atoms with E-state index in [2.05, 4.69) is 24.0 Å². The highest BCUT2D eigenvalue weighted by molar-refractivity contribution is 5.19. The fourth-order valence-electron chi connectivity index (χ4n) is 0.777. The fraction of sp³-hybridized carbons (Fsp3) is 0.600. The van der Waals surface area contributed by atoms with Crippen molar-refractivity contribution in [2.45, 2.75) is 33.6 Å². The number of rotatable bonds is 2. The van der Waals surface area contributed by atoms with Crippen molar-refractivity contribution in [2.75, 3.05) is 7.11 Å². The Morgan fingerprint density at radius 1 is 1.31 bits per heavy atom. The Kier molecular flexibility index (Phi) is 5.85. The molecule has 0 aromatic carbocycles. The molecular weight excluding hydrogens is 164 g/mol. The van der Waals surface area contributed by atoms with Crippen molar-refractivity contribution in [3.63, 3.8) is 0 Å². The van der Waals surface area contributed by atoms with Gasteiger partial charge in [-0.25, -0.2) is 0 Å². The molecule has 0 N–H and O–H groups in total. The van der Waals surface area contributed by atoms with E-state index < -0.39 is 0 Å². The first-order valence-corrected chi connectivity index (χ1v) is 4.60. The van der Waals surface area contributed by atoms with E-state index in [0.717, 1.165) is 5.56 Å². The Morgan fingerprint density at radius 3 is 2.38 bits per heavy atom. The SMILES string of the molecule is CC.COc1cc(C(C)C)cnn1. The van der Waals surface area contributed by atoms with Crippen LogP contribution in [0.2, 0.25) is 0 Å². The minimum absolute atomic E-state index is 0.472. The molecule has 3 heteroatoms. The Morgan fingerprint density at radius 2 is 1.92 bits per heavy atom. The van der Waals surface area contributed by atoms with Crippen LogP contribution in [0.4, 0.5) is 0 Å². The summed E-state index contributed by atoms with van der Waals surface area (Å²) in [6.07, 6.45) is 1.76. The van der Waals surface area contributed by atoms with Gasteiger partial charge in [-0.2, -0.15) is 5.10 Å². The van der Waals surface area contributed by atoms with Crippen molar-refractivity contribution in [1.82, 2.24) is 10.2 Å². The number of aromatic nitrogens is 2. The maximum absolute atomic E-state index is 4.93. The molecule has 0 radical (unpaired) electrons. The highest BCUT2D eigenvalue weighted by Gasteiger charge is 2.01. The Hall–Kier alpha value is -1.12. The van der Waals surface area contributed by atoms with Gasteiger partial charge in [0.15, 0.2) is 0 Å². The molecule has 1 heterocycles. The van der Waals surface area contributed by atoms with Gasteiger partial charge in [-0.05, 0) is 11.5 Å². The summed E-state index contributed by atoms with van der Waals surface area (Å²) in [4.78, 5) is 0. The monoisotopic (exact) mass is 182 g/mol. The fourth-order valence-corrected chi connectivity index (χ4v) is 0.777. The van der Waals surface area contributed by atoms with Gasteiger partial charge in [0.1, 0.15) is 0 Å². The maximum Gasteiger partial charge on any atom is 0.233 e. The minimum Gasteiger partial charge on any atom is -0.480 e. The summed E-state index contributed by atoms with van der Waals surface area (Å²) < 4.78 is 4.93. The second-order valence-electron chi connectivity index (χ2n) is 2.69. The van der Waals surface area contributed by atoms with E-state index in [1.807, 2.05) is 19.9 Å². The predicted molar refractivity (Wildman–Crippen MR) is 54.0 cm³/mol. The lowest BCUT2D eigenvalue weighted by Crippen LogP contribution is -1.94. The predicted octanol–water partition coefficient (Wildman–Crippen LogP) is 2.63. The second-order valence-corrected chi connectivity index (χ2v) is 2.69. The van der Waals surface area contributed by atoms with Crippen molar-refractivity contribution in [3.8, 4) is 5.88 Å². The van der Waals surface area contributed by atoms with Crippen LogP contribution in [-0.4, -0.2) is 17.3 Å². The van der Waals surface area contributed by atoms with E-state index in [1.54, 1.807) is 13.3 Å². The summed E-state index contributed by atoms with van der Waals surface area (Å²) >= 11 is 0. The van der Waals surface area contributed by atoms with Crippen molar-refractivity contribution in [1.29, 1.82) is 0 Å². The first kappa shape index (κ1) is 11.9. The van der Waals surface area contributed by atoms with Crippen molar-refractivity contribution >= 4 is 0 Å². The van der Waals surface area contributed by atoms with Gasteiger partial charge in [-0.1, -0.05) is 27.7 Å². The molecule has 13 heavy (non-hydrogen) atoms. The molecule has 1 aromatic heterocycles. The number of hydrogen-bond acceptors (Lipinski definition) is 3. The van der Waals surface area contributed by atoms with Crippen LogP contribution in [0.3, 0.4) is 0 Å². The number of methoxy groups -OCH3 is 1. The molecule has 0 bridgehead atoms. The molecule has 3 nitrogen and oxygen atoms in total. The van der Waals surface area contributed by atoms with Gasteiger partial charge in [0.2, 0.25) is 5.88 Å². The van der Waals surface area contributed by atoms with Gasteiger partial charge < -0.3 is 4.74 Å². The average molecular weight is 182 g/mol. The van der Waals surface area contributed by atoms with Crippen LogP contribution in [0, 0.1) is 0 Å². The third-order valence-electron chi connectivity index (χ3n) is 1.53. The highest BCUT2D eigenvalue weighted by Crippen LogP contribution is 2.15. The second kappa shape index (κ2) is 6.40. The summed E-state index contributed by atoms with van der Waals surface area (Å²) in [5, 5.41) is 7.57. The zero-order valence-corrected chi connectivity index (χ0v) is 9.03. The minimum atomic E-state index is 0.472. The zero-order chi connectivity index (χ0) is 10.3. The molecule has 0 aliphatic rings. The summed E-state index contributed by atoms with van der Waals surface area (Å²) in [7, 11) is 1.59. The normalized spacial score (nSPS) is 9.08. The summed E-state index contributed by atoms with van der Waals surface area (Å²) in [5.41, 5.74) is 1.15. The quantitative estimate of drug-likeness (QED) is 0.705. The van der Waals surface area contributed by atoms with E-state index in [-0.39, 0.29) is 0 Å². The van der Waals surface area contributed by atoms with Gasteiger partial charge in [-0.3, -0.25) is 0 Å². The number of ether oxygens (including phenoxy) is 1. The van der Waals surface area contributed by atoms with E-state index in [1.165, 1.54) is 0 Å². The Labute approximate surface area is 80.1 Å². The van der Waals surface area contributed by atoms with Crippen LogP contribution in [0.15, 0.2) is 12.3 Å². The molecule has 1 aromatic rings. The molecule has 0 saturated carbocycles. The van der Waals surface area contributed by atoms with Crippen LogP contribution >= 0.6 is 0 Å². The molecule has 0 aliphatic carbocycles. The van der Waals surface area contributed by atoms with Gasteiger partial charge in [0, 0.05) is 6.07 Å².